The molecule has 1 saturated heterocycles. The number of hydrogen-bond donors (Lipinski definition) is 1. The quantitative estimate of drug-likeness (QED) is 0.874. The minimum atomic E-state index is -0.833. The van der Waals surface area contributed by atoms with E-state index in [1.165, 1.54) is 25.0 Å². The van der Waals surface area contributed by atoms with Crippen molar-refractivity contribution in [1.29, 1.82) is 0 Å². The van der Waals surface area contributed by atoms with Gasteiger partial charge in [0.25, 0.3) is 0 Å². The van der Waals surface area contributed by atoms with E-state index >= 15 is 0 Å². The smallest absolute Gasteiger partial charge is 0.311 e. The minimum Gasteiger partial charge on any atom is -0.481 e. The van der Waals surface area contributed by atoms with E-state index in [0.29, 0.717) is 12.0 Å². The normalized spacial score (nSPS) is 17.8. The van der Waals surface area contributed by atoms with Crippen LogP contribution in [0.1, 0.15) is 30.7 Å². The van der Waals surface area contributed by atoms with Crippen LogP contribution in [0, 0.1) is 5.82 Å². The van der Waals surface area contributed by atoms with Crippen LogP contribution in [-0.4, -0.2) is 35.6 Å². The molecule has 4 heteroatoms. The highest BCUT2D eigenvalue weighted by molar-refractivity contribution is 5.76. The van der Waals surface area contributed by atoms with Gasteiger partial charge in [-0.3, -0.25) is 4.79 Å². The molecule has 0 aromatic heterocycles. The van der Waals surface area contributed by atoms with E-state index in [1.54, 1.807) is 12.1 Å². The van der Waals surface area contributed by atoms with E-state index in [-0.39, 0.29) is 5.82 Å². The molecule has 18 heavy (non-hydrogen) atoms. The molecule has 1 aromatic rings. The Bertz CT molecular complexity index is 399. The van der Waals surface area contributed by atoms with Crippen molar-refractivity contribution >= 4 is 5.97 Å². The number of rotatable bonds is 5. The molecule has 0 saturated carbocycles. The third-order valence-electron chi connectivity index (χ3n) is 3.50. The van der Waals surface area contributed by atoms with Crippen molar-refractivity contribution in [3.63, 3.8) is 0 Å². The van der Waals surface area contributed by atoms with E-state index in [0.717, 1.165) is 19.6 Å². The maximum absolute atomic E-state index is 12.8. The van der Waals surface area contributed by atoms with Gasteiger partial charge in [-0.2, -0.15) is 0 Å². The number of carboxylic acids is 1. The fourth-order valence-electron chi connectivity index (χ4n) is 2.45. The number of carbonyl (C=O) groups is 1. The van der Waals surface area contributed by atoms with Crippen LogP contribution >= 0.6 is 0 Å². The first-order chi connectivity index (χ1) is 8.66. The van der Waals surface area contributed by atoms with Gasteiger partial charge in [0.1, 0.15) is 5.82 Å². The summed E-state index contributed by atoms with van der Waals surface area (Å²) in [5.74, 6) is -1.70. The van der Waals surface area contributed by atoms with Crippen LogP contribution in [0.2, 0.25) is 0 Å². The van der Waals surface area contributed by atoms with Crippen molar-refractivity contribution in [3.05, 3.63) is 35.6 Å². The summed E-state index contributed by atoms with van der Waals surface area (Å²) >= 11 is 0. The van der Waals surface area contributed by atoms with Crippen LogP contribution in [-0.2, 0) is 4.79 Å². The first-order valence-corrected chi connectivity index (χ1v) is 6.37. The van der Waals surface area contributed by atoms with Crippen LogP contribution in [0.3, 0.4) is 0 Å². The molecule has 3 nitrogen and oxygen atoms in total. The van der Waals surface area contributed by atoms with Crippen LogP contribution in [0.15, 0.2) is 24.3 Å². The summed E-state index contributed by atoms with van der Waals surface area (Å²) in [6.45, 7) is 2.93. The zero-order chi connectivity index (χ0) is 13.0. The maximum Gasteiger partial charge on any atom is 0.311 e. The molecule has 1 N–H and O–H groups in total. The van der Waals surface area contributed by atoms with E-state index in [9.17, 15) is 14.3 Å². The molecule has 0 aliphatic carbocycles. The summed E-state index contributed by atoms with van der Waals surface area (Å²) < 4.78 is 12.8. The molecule has 1 aliphatic heterocycles. The molecule has 0 bridgehead atoms. The summed E-state index contributed by atoms with van der Waals surface area (Å²) in [5.41, 5.74) is 0.683. The van der Waals surface area contributed by atoms with Crippen LogP contribution in [0.5, 0.6) is 0 Å². The highest BCUT2D eigenvalue weighted by Gasteiger charge is 2.21. The fourth-order valence-corrected chi connectivity index (χ4v) is 2.45. The van der Waals surface area contributed by atoms with Crippen molar-refractivity contribution in [2.24, 2.45) is 0 Å². The summed E-state index contributed by atoms with van der Waals surface area (Å²) in [4.78, 5) is 13.6. The van der Waals surface area contributed by atoms with Gasteiger partial charge in [0.05, 0.1) is 5.92 Å². The molecule has 1 aromatic carbocycles. The maximum atomic E-state index is 12.8. The Morgan fingerprint density at radius 3 is 2.44 bits per heavy atom. The SMILES string of the molecule is O=C(O)C(CCN1CCCC1)c1ccc(F)cc1. The Kier molecular flexibility index (Phi) is 4.31. The molecular formula is C14H18FNO2. The average Bonchev–Trinajstić information content (AvgIpc) is 2.84. The van der Waals surface area contributed by atoms with Crippen LogP contribution in [0.4, 0.5) is 4.39 Å². The van der Waals surface area contributed by atoms with Crippen LogP contribution < -0.4 is 0 Å². The summed E-state index contributed by atoms with van der Waals surface area (Å²) in [6, 6.07) is 5.78. The molecule has 0 spiro atoms. The van der Waals surface area contributed by atoms with E-state index in [2.05, 4.69) is 4.90 Å². The zero-order valence-electron chi connectivity index (χ0n) is 10.3. The number of benzene rings is 1. The highest BCUT2D eigenvalue weighted by atomic mass is 19.1. The van der Waals surface area contributed by atoms with Crippen molar-refractivity contribution in [2.45, 2.75) is 25.2 Å². The first-order valence-electron chi connectivity index (χ1n) is 6.37. The summed E-state index contributed by atoms with van der Waals surface area (Å²) in [6.07, 6.45) is 2.99. The third-order valence-corrected chi connectivity index (χ3v) is 3.50. The third kappa shape index (κ3) is 3.29. The Balaban J connectivity index is 1.99. The second kappa shape index (κ2) is 5.96. The first kappa shape index (κ1) is 13.0. The van der Waals surface area contributed by atoms with Gasteiger partial charge in [0, 0.05) is 0 Å². The number of aliphatic carboxylic acids is 1. The van der Waals surface area contributed by atoms with Gasteiger partial charge in [-0.15, -0.1) is 0 Å². The lowest BCUT2D eigenvalue weighted by molar-refractivity contribution is -0.139. The Labute approximate surface area is 106 Å². The van der Waals surface area contributed by atoms with Crippen molar-refractivity contribution in [1.82, 2.24) is 4.90 Å². The number of carboxylic acid groups (broad SMARTS) is 1. The topological polar surface area (TPSA) is 40.5 Å². The summed E-state index contributed by atoms with van der Waals surface area (Å²) in [7, 11) is 0. The minimum absolute atomic E-state index is 0.331. The molecule has 1 atom stereocenters. The average molecular weight is 251 g/mol. The molecule has 1 heterocycles. The fraction of sp³-hybridized carbons (Fsp3) is 0.500. The molecule has 1 fully saturated rings. The number of likely N-dealkylation sites (tertiary alicyclic amines) is 1. The number of halogens is 1. The van der Waals surface area contributed by atoms with Gasteiger partial charge in [0.15, 0.2) is 0 Å². The standard InChI is InChI=1S/C14H18FNO2/c15-12-5-3-11(4-6-12)13(14(17)18)7-10-16-8-1-2-9-16/h3-6,13H,1-2,7-10H2,(H,17,18). The Morgan fingerprint density at radius 1 is 1.28 bits per heavy atom. The van der Waals surface area contributed by atoms with E-state index < -0.39 is 11.9 Å². The van der Waals surface area contributed by atoms with Crippen molar-refractivity contribution < 1.29 is 14.3 Å². The molecule has 1 unspecified atom stereocenters. The van der Waals surface area contributed by atoms with Crippen molar-refractivity contribution in [3.8, 4) is 0 Å². The molecule has 2 rings (SSSR count). The van der Waals surface area contributed by atoms with Gasteiger partial charge >= 0.3 is 5.97 Å². The highest BCUT2D eigenvalue weighted by Crippen LogP contribution is 2.22. The Hall–Kier alpha value is -1.42. The van der Waals surface area contributed by atoms with Gasteiger partial charge in [-0.25, -0.2) is 4.39 Å². The second-order valence-corrected chi connectivity index (χ2v) is 4.78. The summed E-state index contributed by atoms with van der Waals surface area (Å²) in [5, 5.41) is 9.26. The molecular weight excluding hydrogens is 233 g/mol. The second-order valence-electron chi connectivity index (χ2n) is 4.78. The van der Waals surface area contributed by atoms with Gasteiger partial charge in [-0.05, 0) is 56.6 Å². The zero-order valence-corrected chi connectivity index (χ0v) is 10.3. The molecule has 0 amide bonds. The number of nitrogens with zero attached hydrogens (tertiary/aromatic N) is 1. The Morgan fingerprint density at radius 2 is 1.89 bits per heavy atom. The van der Waals surface area contributed by atoms with Gasteiger partial charge in [0.2, 0.25) is 0 Å². The lowest BCUT2D eigenvalue weighted by Gasteiger charge is -2.18. The lowest BCUT2D eigenvalue weighted by atomic mass is 9.95. The van der Waals surface area contributed by atoms with E-state index in [4.69, 9.17) is 0 Å². The van der Waals surface area contributed by atoms with Crippen LogP contribution in [0.25, 0.3) is 0 Å². The largest absolute Gasteiger partial charge is 0.481 e. The molecule has 0 radical (unpaired) electrons. The number of hydrogen-bond acceptors (Lipinski definition) is 2. The predicted molar refractivity (Wildman–Crippen MR) is 67.1 cm³/mol. The van der Waals surface area contributed by atoms with E-state index in [1.807, 2.05) is 0 Å². The monoisotopic (exact) mass is 251 g/mol. The molecule has 1 aliphatic rings. The van der Waals surface area contributed by atoms with Crippen molar-refractivity contribution in [2.75, 3.05) is 19.6 Å². The predicted octanol–water partition coefficient (Wildman–Crippen LogP) is 2.48. The van der Waals surface area contributed by atoms with Gasteiger partial charge < -0.3 is 10.0 Å². The van der Waals surface area contributed by atoms with Gasteiger partial charge in [-0.1, -0.05) is 12.1 Å². The lowest BCUT2D eigenvalue weighted by Crippen LogP contribution is -2.24. The molecule has 98 valence electrons.